The van der Waals surface area contributed by atoms with Crippen LogP contribution in [-0.2, 0) is 9.53 Å². The number of carbonyl (C=O) groups excluding carboxylic acids is 1. The molecule has 1 fully saturated rings. The molecule has 128 valence electrons. The Kier molecular flexibility index (Phi) is 7.22. The summed E-state index contributed by atoms with van der Waals surface area (Å²) in [5.41, 5.74) is 0. The quantitative estimate of drug-likeness (QED) is 0.284. The van der Waals surface area contributed by atoms with Gasteiger partial charge < -0.3 is 18.9 Å². The van der Waals surface area contributed by atoms with E-state index < -0.39 is 0 Å². The fraction of sp³-hybridized carbons (Fsp3) is 0.562. The maximum atomic E-state index is 12.0. The fourth-order valence-electron chi connectivity index (χ4n) is 2.43. The summed E-state index contributed by atoms with van der Waals surface area (Å²) in [6.45, 7) is 1.46. The van der Waals surface area contributed by atoms with Crippen LogP contribution in [0.2, 0.25) is 0 Å². The third kappa shape index (κ3) is 5.13. The van der Waals surface area contributed by atoms with Gasteiger partial charge in [0.25, 0.3) is 0 Å². The van der Waals surface area contributed by atoms with Gasteiger partial charge in [0.2, 0.25) is 0 Å². The van der Waals surface area contributed by atoms with E-state index in [9.17, 15) is 4.79 Å². The molecule has 0 bridgehead atoms. The average Bonchev–Trinajstić information content (AvgIpc) is 2.58. The number of nitrogens with zero attached hydrogens (tertiary/aromatic N) is 1. The number of methoxy groups -OCH3 is 2. The molecule has 0 radical (unpaired) electrons. The smallest absolute Gasteiger partial charge is 0.324 e. The van der Waals surface area contributed by atoms with E-state index in [0.29, 0.717) is 23.9 Å². The second-order valence-corrected chi connectivity index (χ2v) is 6.41. The Morgan fingerprint density at radius 2 is 2.00 bits per heavy atom. The number of hydrogen-bond donors (Lipinski definition) is 0. The van der Waals surface area contributed by atoms with Gasteiger partial charge >= 0.3 is 5.97 Å². The first-order chi connectivity index (χ1) is 11.2. The number of halogens is 1. The van der Waals surface area contributed by atoms with Crippen LogP contribution in [0.5, 0.6) is 17.2 Å². The molecular formula is C16H22INO5. The number of piperidine rings is 1. The summed E-state index contributed by atoms with van der Waals surface area (Å²) in [5, 5.41) is 0. The molecule has 2 rings (SSSR count). The highest BCUT2D eigenvalue weighted by molar-refractivity contribution is 14.1. The summed E-state index contributed by atoms with van der Waals surface area (Å²) >= 11 is 2.19. The van der Waals surface area contributed by atoms with E-state index in [0.717, 1.165) is 25.8 Å². The summed E-state index contributed by atoms with van der Waals surface area (Å²) < 4.78 is 23.3. The number of ether oxygens (including phenoxy) is 4. The van der Waals surface area contributed by atoms with Crippen LogP contribution in [0, 0.1) is 0 Å². The molecule has 0 N–H and O–H groups in total. The Hall–Kier alpha value is -1.22. The van der Waals surface area contributed by atoms with Crippen LogP contribution in [0.1, 0.15) is 19.3 Å². The van der Waals surface area contributed by atoms with Gasteiger partial charge in [0, 0.05) is 35.5 Å². The van der Waals surface area contributed by atoms with Gasteiger partial charge in [0.1, 0.15) is 25.0 Å². The number of rotatable bonds is 7. The van der Waals surface area contributed by atoms with Crippen LogP contribution in [0.25, 0.3) is 0 Å². The Morgan fingerprint density at radius 1 is 1.22 bits per heavy atom. The van der Waals surface area contributed by atoms with E-state index in [4.69, 9.17) is 18.9 Å². The Bertz CT molecular complexity index is 525. The average molecular weight is 435 g/mol. The molecule has 1 aromatic carbocycles. The van der Waals surface area contributed by atoms with Crippen LogP contribution >= 0.6 is 22.9 Å². The van der Waals surface area contributed by atoms with E-state index in [1.165, 1.54) is 0 Å². The minimum absolute atomic E-state index is 0.134. The van der Waals surface area contributed by atoms with Crippen molar-refractivity contribution in [3.05, 3.63) is 18.2 Å². The summed E-state index contributed by atoms with van der Waals surface area (Å²) in [7, 11) is 3.16. The standard InChI is InChI=1S/C16H22INO5/c1-20-14-7-6-12(11-15(14)21-2)22-9-10-23-16(19)13-5-3-4-8-18(13)17/h6-7,11,13H,3-5,8-10H2,1-2H3. The minimum atomic E-state index is -0.171. The maximum absolute atomic E-state index is 12.0. The first kappa shape index (κ1) is 18.1. The molecule has 1 aromatic rings. The SMILES string of the molecule is COc1ccc(OCCOC(=O)C2CCCCN2I)cc1OC. The van der Waals surface area contributed by atoms with E-state index in [1.54, 1.807) is 32.4 Å². The number of esters is 1. The van der Waals surface area contributed by atoms with Crippen LogP contribution < -0.4 is 14.2 Å². The van der Waals surface area contributed by atoms with Crippen LogP contribution in [0.4, 0.5) is 0 Å². The molecule has 1 atom stereocenters. The van der Waals surface area contributed by atoms with Crippen LogP contribution in [0.3, 0.4) is 0 Å². The molecular weight excluding hydrogens is 413 g/mol. The van der Waals surface area contributed by atoms with Crippen molar-refractivity contribution in [3.8, 4) is 17.2 Å². The number of hydrogen-bond acceptors (Lipinski definition) is 6. The normalized spacial score (nSPS) is 18.3. The predicted octanol–water partition coefficient (Wildman–Crippen LogP) is 2.83. The van der Waals surface area contributed by atoms with Crippen LogP contribution in [-0.4, -0.2) is 49.1 Å². The monoisotopic (exact) mass is 435 g/mol. The van der Waals surface area contributed by atoms with Crippen molar-refractivity contribution < 1.29 is 23.7 Å². The number of carbonyl (C=O) groups is 1. The highest BCUT2D eigenvalue weighted by Gasteiger charge is 2.28. The zero-order valence-electron chi connectivity index (χ0n) is 13.4. The van der Waals surface area contributed by atoms with Gasteiger partial charge in [0.05, 0.1) is 14.2 Å². The highest BCUT2D eigenvalue weighted by Crippen LogP contribution is 2.30. The lowest BCUT2D eigenvalue weighted by atomic mass is 10.1. The Balaban J connectivity index is 1.75. The van der Waals surface area contributed by atoms with Crippen molar-refractivity contribution in [3.63, 3.8) is 0 Å². The number of benzene rings is 1. The molecule has 0 aromatic heterocycles. The minimum Gasteiger partial charge on any atom is -0.493 e. The lowest BCUT2D eigenvalue weighted by Crippen LogP contribution is -2.39. The van der Waals surface area contributed by atoms with Crippen molar-refractivity contribution in [2.75, 3.05) is 34.0 Å². The van der Waals surface area contributed by atoms with E-state index in [1.807, 2.05) is 3.11 Å². The lowest BCUT2D eigenvalue weighted by molar-refractivity contribution is -0.149. The van der Waals surface area contributed by atoms with Gasteiger partial charge in [-0.1, -0.05) is 0 Å². The third-order valence-electron chi connectivity index (χ3n) is 3.66. The van der Waals surface area contributed by atoms with Gasteiger partial charge in [-0.05, 0) is 31.4 Å². The fourth-order valence-corrected chi connectivity index (χ4v) is 3.28. The van der Waals surface area contributed by atoms with E-state index in [-0.39, 0.29) is 18.6 Å². The Morgan fingerprint density at radius 3 is 2.70 bits per heavy atom. The molecule has 0 spiro atoms. The molecule has 0 aliphatic carbocycles. The first-order valence-corrected chi connectivity index (χ1v) is 8.56. The zero-order valence-corrected chi connectivity index (χ0v) is 15.6. The molecule has 6 nitrogen and oxygen atoms in total. The molecule has 1 aliphatic rings. The molecule has 1 aliphatic heterocycles. The molecule has 1 heterocycles. The summed E-state index contributed by atoms with van der Waals surface area (Å²) in [6.07, 6.45) is 3.06. The van der Waals surface area contributed by atoms with Crippen molar-refractivity contribution in [2.45, 2.75) is 25.3 Å². The van der Waals surface area contributed by atoms with E-state index in [2.05, 4.69) is 22.9 Å². The molecule has 0 saturated carbocycles. The topological polar surface area (TPSA) is 57.2 Å². The molecule has 1 saturated heterocycles. The molecule has 7 heteroatoms. The lowest BCUT2D eigenvalue weighted by Gasteiger charge is -2.28. The maximum Gasteiger partial charge on any atom is 0.324 e. The first-order valence-electron chi connectivity index (χ1n) is 7.59. The molecule has 1 unspecified atom stereocenters. The van der Waals surface area contributed by atoms with Gasteiger partial charge in [-0.25, -0.2) is 3.11 Å². The van der Waals surface area contributed by atoms with Gasteiger partial charge in [-0.3, -0.25) is 4.79 Å². The van der Waals surface area contributed by atoms with Gasteiger partial charge in [-0.15, -0.1) is 0 Å². The van der Waals surface area contributed by atoms with Gasteiger partial charge in [0.15, 0.2) is 11.5 Å². The summed E-state index contributed by atoms with van der Waals surface area (Å²) in [5.74, 6) is 1.72. The summed E-state index contributed by atoms with van der Waals surface area (Å²) in [6, 6.07) is 5.17. The van der Waals surface area contributed by atoms with Crippen molar-refractivity contribution in [1.82, 2.24) is 3.11 Å². The predicted molar refractivity (Wildman–Crippen MR) is 94.4 cm³/mol. The second kappa shape index (κ2) is 9.17. The largest absolute Gasteiger partial charge is 0.493 e. The molecule has 0 amide bonds. The van der Waals surface area contributed by atoms with Crippen molar-refractivity contribution >= 4 is 28.8 Å². The second-order valence-electron chi connectivity index (χ2n) is 5.17. The third-order valence-corrected chi connectivity index (χ3v) is 4.82. The molecule has 23 heavy (non-hydrogen) atoms. The van der Waals surface area contributed by atoms with Crippen LogP contribution in [0.15, 0.2) is 18.2 Å². The zero-order chi connectivity index (χ0) is 16.7. The van der Waals surface area contributed by atoms with Crippen molar-refractivity contribution in [1.29, 1.82) is 0 Å². The summed E-state index contributed by atoms with van der Waals surface area (Å²) in [4.78, 5) is 12.0. The van der Waals surface area contributed by atoms with Crippen molar-refractivity contribution in [2.24, 2.45) is 0 Å². The van der Waals surface area contributed by atoms with Gasteiger partial charge in [-0.2, -0.15) is 0 Å². The highest BCUT2D eigenvalue weighted by atomic mass is 127. The van der Waals surface area contributed by atoms with E-state index >= 15 is 0 Å². The Labute approximate surface area is 150 Å².